The van der Waals surface area contributed by atoms with E-state index in [0.29, 0.717) is 11.8 Å². The first-order valence-corrected chi connectivity index (χ1v) is 11.2. The first kappa shape index (κ1) is 19.3. The average Bonchev–Trinajstić information content (AvgIpc) is 2.91. The molecule has 0 aromatic rings. The topological polar surface area (TPSA) is 72.8 Å². The summed E-state index contributed by atoms with van der Waals surface area (Å²) in [6.45, 7) is 6.00. The van der Waals surface area contributed by atoms with Crippen LogP contribution in [-0.2, 0) is 19.1 Å². The standard InChI is InChI=1S/C24H32O5/c1-14(25)29-16-6-9-22(2)15(12-16)4-5-17-18(22)7-10-23(3)19(17)13-21-24(23,27)20(26)8-11-28-21/h4,8,11,16-19,21,27H,5-7,9-10,12-13H2,1-3H3/t16-,17-,18+,19+,21+,22-,23-,24-/m1/s1. The summed E-state index contributed by atoms with van der Waals surface area (Å²) in [6.07, 6.45) is 11.2. The Labute approximate surface area is 172 Å². The number of fused-ring (bicyclic) bond motifs is 7. The SMILES string of the molecule is CC(=O)O[C@@H]1CC[C@]2(C)C(=CC[C@@H]3[C@@H]2CC[C@]2(C)[C@H]3C[C@@H]3OC=CC(=O)[C@@]32O)C1. The van der Waals surface area contributed by atoms with E-state index in [-0.39, 0.29) is 29.2 Å². The molecule has 1 aliphatic heterocycles. The van der Waals surface area contributed by atoms with Crippen molar-refractivity contribution < 1.29 is 24.2 Å². The maximum atomic E-state index is 12.8. The summed E-state index contributed by atoms with van der Waals surface area (Å²) in [6, 6.07) is 0. The van der Waals surface area contributed by atoms with Gasteiger partial charge < -0.3 is 14.6 Å². The lowest BCUT2D eigenvalue weighted by molar-refractivity contribution is -0.175. The molecular formula is C24H32O5. The van der Waals surface area contributed by atoms with E-state index < -0.39 is 17.1 Å². The molecule has 0 bridgehead atoms. The molecule has 5 nitrogen and oxygen atoms in total. The number of hydrogen-bond acceptors (Lipinski definition) is 5. The normalized spacial score (nSPS) is 50.4. The molecule has 0 unspecified atom stereocenters. The second-order valence-electron chi connectivity index (χ2n) is 10.5. The molecule has 8 atom stereocenters. The first-order chi connectivity index (χ1) is 13.7. The molecule has 1 N–H and O–H groups in total. The van der Waals surface area contributed by atoms with Gasteiger partial charge in [0, 0.05) is 24.8 Å². The summed E-state index contributed by atoms with van der Waals surface area (Å²) in [5.74, 6) is 0.907. The maximum absolute atomic E-state index is 12.8. The van der Waals surface area contributed by atoms with Gasteiger partial charge in [0.25, 0.3) is 0 Å². The average molecular weight is 401 g/mol. The van der Waals surface area contributed by atoms with Gasteiger partial charge in [0.05, 0.1) is 6.26 Å². The van der Waals surface area contributed by atoms with E-state index in [4.69, 9.17) is 9.47 Å². The van der Waals surface area contributed by atoms with Crippen LogP contribution in [0.4, 0.5) is 0 Å². The van der Waals surface area contributed by atoms with E-state index in [9.17, 15) is 14.7 Å². The second-order valence-corrected chi connectivity index (χ2v) is 10.5. The van der Waals surface area contributed by atoms with E-state index in [1.807, 2.05) is 0 Å². The predicted molar refractivity (Wildman–Crippen MR) is 107 cm³/mol. The van der Waals surface area contributed by atoms with Crippen molar-refractivity contribution in [3.05, 3.63) is 24.0 Å². The maximum Gasteiger partial charge on any atom is 0.302 e. The second kappa shape index (κ2) is 6.19. The van der Waals surface area contributed by atoms with Crippen LogP contribution < -0.4 is 0 Å². The number of ketones is 1. The summed E-state index contributed by atoms with van der Waals surface area (Å²) in [7, 11) is 0. The molecule has 0 spiro atoms. The molecule has 0 amide bonds. The number of allylic oxidation sites excluding steroid dienone is 1. The fraction of sp³-hybridized carbons (Fsp3) is 0.750. The largest absolute Gasteiger partial charge is 0.494 e. The van der Waals surface area contributed by atoms with Gasteiger partial charge in [0.1, 0.15) is 12.2 Å². The zero-order valence-corrected chi connectivity index (χ0v) is 17.6. The van der Waals surface area contributed by atoms with Crippen molar-refractivity contribution in [3.8, 4) is 0 Å². The van der Waals surface area contributed by atoms with Crippen LogP contribution in [0.5, 0.6) is 0 Å². The summed E-state index contributed by atoms with van der Waals surface area (Å²) >= 11 is 0. The highest BCUT2D eigenvalue weighted by Crippen LogP contribution is 2.68. The number of hydrogen-bond donors (Lipinski definition) is 1. The lowest BCUT2D eigenvalue weighted by Gasteiger charge is -2.58. The molecular weight excluding hydrogens is 368 g/mol. The lowest BCUT2D eigenvalue weighted by atomic mass is 9.46. The van der Waals surface area contributed by atoms with Crippen LogP contribution in [0.1, 0.15) is 65.7 Å². The van der Waals surface area contributed by atoms with Crippen molar-refractivity contribution in [2.24, 2.45) is 28.6 Å². The summed E-state index contributed by atoms with van der Waals surface area (Å²) in [5.41, 5.74) is -0.254. The molecule has 0 radical (unpaired) electrons. The molecule has 1 heterocycles. The van der Waals surface area contributed by atoms with Crippen LogP contribution >= 0.6 is 0 Å². The molecule has 0 saturated heterocycles. The van der Waals surface area contributed by atoms with Gasteiger partial charge in [0.15, 0.2) is 11.4 Å². The van der Waals surface area contributed by atoms with E-state index in [1.165, 1.54) is 24.8 Å². The molecule has 3 saturated carbocycles. The van der Waals surface area contributed by atoms with Crippen molar-refractivity contribution in [2.75, 3.05) is 0 Å². The third-order valence-corrected chi connectivity index (χ3v) is 9.42. The quantitative estimate of drug-likeness (QED) is 0.537. The van der Waals surface area contributed by atoms with Crippen molar-refractivity contribution >= 4 is 11.8 Å². The van der Waals surface area contributed by atoms with Gasteiger partial charge in [0.2, 0.25) is 0 Å². The number of aliphatic hydroxyl groups is 1. The molecule has 5 rings (SSSR count). The zero-order valence-electron chi connectivity index (χ0n) is 17.6. The Kier molecular flexibility index (Phi) is 4.13. The van der Waals surface area contributed by atoms with Crippen LogP contribution in [0.3, 0.4) is 0 Å². The van der Waals surface area contributed by atoms with Crippen molar-refractivity contribution in [2.45, 2.75) is 83.5 Å². The molecule has 29 heavy (non-hydrogen) atoms. The number of rotatable bonds is 1. The Morgan fingerprint density at radius 1 is 1.24 bits per heavy atom. The van der Waals surface area contributed by atoms with Crippen LogP contribution in [0.2, 0.25) is 0 Å². The molecule has 5 aliphatic rings. The Hall–Kier alpha value is -1.62. The van der Waals surface area contributed by atoms with Gasteiger partial charge in [-0.15, -0.1) is 0 Å². The minimum absolute atomic E-state index is 0.00406. The summed E-state index contributed by atoms with van der Waals surface area (Å²) < 4.78 is 11.3. The van der Waals surface area contributed by atoms with Gasteiger partial charge in [-0.2, -0.15) is 0 Å². The van der Waals surface area contributed by atoms with E-state index in [2.05, 4.69) is 19.9 Å². The fourth-order valence-electron chi connectivity index (χ4n) is 7.88. The predicted octanol–water partition coefficient (Wildman–Crippen LogP) is 3.70. The van der Waals surface area contributed by atoms with Crippen molar-refractivity contribution in [3.63, 3.8) is 0 Å². The van der Waals surface area contributed by atoms with Crippen LogP contribution in [0.25, 0.3) is 0 Å². The van der Waals surface area contributed by atoms with Gasteiger partial charge in [-0.3, -0.25) is 9.59 Å². The number of carbonyl (C=O) groups is 2. The fourth-order valence-corrected chi connectivity index (χ4v) is 7.88. The number of ether oxygens (including phenoxy) is 2. The Morgan fingerprint density at radius 2 is 2.03 bits per heavy atom. The lowest BCUT2D eigenvalue weighted by Crippen LogP contribution is -2.60. The van der Waals surface area contributed by atoms with Gasteiger partial charge in [-0.25, -0.2) is 0 Å². The van der Waals surface area contributed by atoms with Crippen LogP contribution in [0.15, 0.2) is 24.0 Å². The smallest absolute Gasteiger partial charge is 0.302 e. The zero-order chi connectivity index (χ0) is 20.6. The molecule has 3 fully saturated rings. The third-order valence-electron chi connectivity index (χ3n) is 9.42. The highest BCUT2D eigenvalue weighted by Gasteiger charge is 2.71. The van der Waals surface area contributed by atoms with Crippen LogP contribution in [0, 0.1) is 28.6 Å². The van der Waals surface area contributed by atoms with Gasteiger partial charge >= 0.3 is 5.97 Å². The summed E-state index contributed by atoms with van der Waals surface area (Å²) in [4.78, 5) is 24.2. The highest BCUT2D eigenvalue weighted by molar-refractivity contribution is 5.99. The first-order valence-electron chi connectivity index (χ1n) is 11.2. The Balaban J connectivity index is 1.46. The van der Waals surface area contributed by atoms with Crippen molar-refractivity contribution in [1.29, 1.82) is 0 Å². The van der Waals surface area contributed by atoms with E-state index in [1.54, 1.807) is 0 Å². The summed E-state index contributed by atoms with van der Waals surface area (Å²) in [5, 5.41) is 11.5. The van der Waals surface area contributed by atoms with Gasteiger partial charge in [-0.1, -0.05) is 25.5 Å². The molecule has 158 valence electrons. The molecule has 4 aliphatic carbocycles. The van der Waals surface area contributed by atoms with E-state index >= 15 is 0 Å². The Bertz CT molecular complexity index is 814. The van der Waals surface area contributed by atoms with Crippen molar-refractivity contribution in [1.82, 2.24) is 0 Å². The van der Waals surface area contributed by atoms with Gasteiger partial charge in [-0.05, 0) is 61.7 Å². The number of esters is 1. The van der Waals surface area contributed by atoms with Crippen LogP contribution in [-0.4, -0.2) is 34.7 Å². The molecule has 0 aromatic heterocycles. The minimum atomic E-state index is -1.39. The Morgan fingerprint density at radius 3 is 2.79 bits per heavy atom. The number of carbonyl (C=O) groups excluding carboxylic acids is 2. The third kappa shape index (κ3) is 2.43. The van der Waals surface area contributed by atoms with E-state index in [0.717, 1.165) is 44.9 Å². The molecule has 0 aromatic carbocycles. The molecule has 5 heteroatoms. The highest BCUT2D eigenvalue weighted by atomic mass is 16.5. The monoisotopic (exact) mass is 400 g/mol. The minimum Gasteiger partial charge on any atom is -0.494 e.